The second kappa shape index (κ2) is 22.8. The van der Waals surface area contributed by atoms with Crippen molar-refractivity contribution in [3.8, 4) is 6.01 Å². The van der Waals surface area contributed by atoms with E-state index in [0.29, 0.717) is 63.2 Å². The number of likely N-dealkylation sites (tertiary alicyclic amines) is 1. The van der Waals surface area contributed by atoms with Gasteiger partial charge in [-0.05, 0) is 87.2 Å². The number of carbonyl (C=O) groups is 3. The number of hydrogen-bond donors (Lipinski definition) is 4. The molecular weight excluding hydrogens is 805 g/mol. The molecule has 0 spiro atoms. The topological polar surface area (TPSA) is 233 Å². The highest BCUT2D eigenvalue weighted by Gasteiger charge is 2.30. The maximum Gasteiger partial charge on any atom is 0.320 e. The van der Waals surface area contributed by atoms with E-state index in [1.807, 2.05) is 48.2 Å². The van der Waals surface area contributed by atoms with Crippen molar-refractivity contribution in [2.45, 2.75) is 110 Å². The Hall–Kier alpha value is -6.14. The summed E-state index contributed by atoms with van der Waals surface area (Å²) in [4.78, 5) is 56.5. The number of aliphatic carboxylic acids is 1. The molecule has 2 aliphatic rings. The fraction of sp³-hybridized carbons (Fsp3) is 0.511. The normalized spacial score (nSPS) is 15.1. The van der Waals surface area contributed by atoms with Crippen molar-refractivity contribution in [2.24, 2.45) is 10.9 Å². The van der Waals surface area contributed by atoms with Gasteiger partial charge in [0.05, 0.1) is 25.4 Å². The molecule has 2 amide bonds. The minimum atomic E-state index is -1.02. The number of nitrogens with one attached hydrogen (secondary N) is 1. The molecule has 18 heteroatoms. The molecule has 4 aromatic rings. The first-order valence-electron chi connectivity index (χ1n) is 22.0. The Labute approximate surface area is 369 Å². The molecular formula is C45H62N12O6. The van der Waals surface area contributed by atoms with E-state index in [-0.39, 0.29) is 24.2 Å². The number of amides is 2. The number of ether oxygens (including phenoxy) is 1. The Bertz CT molecular complexity index is 2150. The van der Waals surface area contributed by atoms with Gasteiger partial charge in [-0.1, -0.05) is 67.0 Å². The summed E-state index contributed by atoms with van der Waals surface area (Å²) in [5.74, 6) is 1.90. The molecule has 18 nitrogen and oxygen atoms in total. The van der Waals surface area contributed by atoms with Gasteiger partial charge in [0.1, 0.15) is 24.2 Å². The van der Waals surface area contributed by atoms with Crippen molar-refractivity contribution in [1.82, 2.24) is 34.5 Å². The highest BCUT2D eigenvalue weighted by atomic mass is 16.6. The van der Waals surface area contributed by atoms with Gasteiger partial charge in [-0.15, -0.1) is 10.2 Å². The molecule has 2 aromatic heterocycles. The molecule has 6 N–H and O–H groups in total. The molecule has 0 saturated carbocycles. The maximum absolute atomic E-state index is 13.1. The first-order chi connectivity index (χ1) is 30.6. The molecule has 2 aromatic carbocycles. The van der Waals surface area contributed by atoms with Gasteiger partial charge < -0.3 is 40.9 Å². The third-order valence-corrected chi connectivity index (χ3v) is 11.6. The number of nitrogens with two attached hydrogens (primary N) is 2. The van der Waals surface area contributed by atoms with Crippen molar-refractivity contribution in [1.29, 1.82) is 0 Å². The van der Waals surface area contributed by atoms with Gasteiger partial charge in [0.2, 0.25) is 12.3 Å². The summed E-state index contributed by atoms with van der Waals surface area (Å²) < 4.78 is 7.92. The molecule has 0 aliphatic carbocycles. The Morgan fingerprint density at radius 3 is 2.40 bits per heavy atom. The number of rotatable bonds is 23. The van der Waals surface area contributed by atoms with Crippen LogP contribution < -0.4 is 26.4 Å². The number of carboxylic acids is 1. The molecule has 1 atom stereocenters. The summed E-state index contributed by atoms with van der Waals surface area (Å²) in [6.07, 6.45) is 7.71. The number of benzene rings is 2. The first-order valence-corrected chi connectivity index (χ1v) is 22.0. The molecule has 338 valence electrons. The van der Waals surface area contributed by atoms with Gasteiger partial charge >= 0.3 is 12.0 Å². The quantitative estimate of drug-likeness (QED) is 0.0343. The Morgan fingerprint density at radius 1 is 0.968 bits per heavy atom. The van der Waals surface area contributed by atoms with Gasteiger partial charge in [-0.25, -0.2) is 0 Å². The van der Waals surface area contributed by atoms with Gasteiger partial charge in [0.15, 0.2) is 17.5 Å². The predicted molar refractivity (Wildman–Crippen MR) is 240 cm³/mol. The molecule has 0 radical (unpaired) electrons. The lowest BCUT2D eigenvalue weighted by Gasteiger charge is -2.33. The summed E-state index contributed by atoms with van der Waals surface area (Å²) in [6, 6.07) is 15.0. The van der Waals surface area contributed by atoms with E-state index >= 15 is 0 Å². The van der Waals surface area contributed by atoms with Crippen molar-refractivity contribution in [2.75, 3.05) is 55.8 Å². The van der Waals surface area contributed by atoms with E-state index in [2.05, 4.69) is 59.2 Å². The Kier molecular flexibility index (Phi) is 16.8. The van der Waals surface area contributed by atoms with Crippen molar-refractivity contribution >= 4 is 41.3 Å². The zero-order valence-corrected chi connectivity index (χ0v) is 36.7. The maximum atomic E-state index is 13.1. The van der Waals surface area contributed by atoms with Gasteiger partial charge in [-0.2, -0.15) is 9.97 Å². The van der Waals surface area contributed by atoms with Crippen LogP contribution in [0, 0.1) is 0 Å². The van der Waals surface area contributed by atoms with E-state index in [9.17, 15) is 14.4 Å². The van der Waals surface area contributed by atoms with Crippen LogP contribution >= 0.6 is 0 Å². The number of piperidine rings is 1. The molecule has 2 aliphatic heterocycles. The lowest BCUT2D eigenvalue weighted by Crippen LogP contribution is -2.39. The van der Waals surface area contributed by atoms with Crippen molar-refractivity contribution in [3.05, 3.63) is 82.4 Å². The zero-order chi connectivity index (χ0) is 44.7. The fourth-order valence-corrected chi connectivity index (χ4v) is 7.87. The number of carbonyl (C=O) groups excluding carboxylic acids is 2. The molecule has 0 bridgehead atoms. The number of fused-ring (bicyclic) bond motifs is 1. The number of aromatic nitrogens is 5. The zero-order valence-electron chi connectivity index (χ0n) is 36.7. The van der Waals surface area contributed by atoms with Crippen LogP contribution in [0.4, 0.5) is 17.3 Å². The Balaban J connectivity index is 0.892. The predicted octanol–water partition coefficient (Wildman–Crippen LogP) is 4.71. The fourth-order valence-electron chi connectivity index (χ4n) is 7.87. The van der Waals surface area contributed by atoms with E-state index in [1.165, 1.54) is 10.5 Å². The standard InChI is InChI=1S/C45H62N12O6/c1-4-5-24-62-45-49-41(47)40(48-3)43(50-45)56(30-58)28-34-12-10-33(11-13-34)27-54-20-18-36(19-21-54)42-52-51-38-29-55(22-23-57(38)42)39(59)9-7-6-8-25-63-53-31(2)35-16-14-32(15-17-35)26-37(46)44(60)61/h10-17,30,36-37,48H,4-9,18-29,46H2,1-3H3,(H,60,61)(H2,47,49,50)/b53-31-. The number of nitrogens with zero attached hydrogens (tertiary/aromatic N) is 9. The van der Waals surface area contributed by atoms with Crippen LogP contribution in [-0.4, -0.2) is 110 Å². The molecule has 1 saturated heterocycles. The largest absolute Gasteiger partial charge is 0.480 e. The number of unbranched alkanes of at least 4 members (excludes halogenated alkanes) is 3. The smallest absolute Gasteiger partial charge is 0.320 e. The molecule has 4 heterocycles. The summed E-state index contributed by atoms with van der Waals surface area (Å²) in [5, 5.41) is 25.4. The second-order valence-corrected chi connectivity index (χ2v) is 16.2. The number of oxime groups is 1. The molecule has 1 unspecified atom stereocenters. The molecule has 63 heavy (non-hydrogen) atoms. The summed E-state index contributed by atoms with van der Waals surface area (Å²) in [7, 11) is 1.72. The SMILES string of the molecule is CCCCOc1nc(N)c(NC)c(N(C=O)Cc2ccc(CN3CCC(c4nnc5n4CCN(C(=O)CCCCCO/N=C(/C)c4ccc(CC(N)C(=O)O)cc4)C5)CC3)cc2)n1. The first kappa shape index (κ1) is 46.4. The monoisotopic (exact) mass is 866 g/mol. The lowest BCUT2D eigenvalue weighted by molar-refractivity contribution is -0.138. The van der Waals surface area contributed by atoms with Crippen molar-refractivity contribution < 1.29 is 29.1 Å². The van der Waals surface area contributed by atoms with E-state index < -0.39 is 12.0 Å². The minimum Gasteiger partial charge on any atom is -0.480 e. The van der Waals surface area contributed by atoms with E-state index in [0.717, 1.165) is 105 Å². The lowest BCUT2D eigenvalue weighted by atomic mass is 9.95. The van der Waals surface area contributed by atoms with E-state index in [4.69, 9.17) is 26.1 Å². The molecule has 1 fully saturated rings. The third kappa shape index (κ3) is 12.7. The van der Waals surface area contributed by atoms with Crippen LogP contribution in [0.3, 0.4) is 0 Å². The van der Waals surface area contributed by atoms with Crippen LogP contribution in [0.5, 0.6) is 6.01 Å². The number of anilines is 3. The summed E-state index contributed by atoms with van der Waals surface area (Å²) >= 11 is 0. The average Bonchev–Trinajstić information content (AvgIpc) is 3.72. The van der Waals surface area contributed by atoms with Gasteiger partial charge in [-0.3, -0.25) is 24.2 Å². The number of hydrogen-bond acceptors (Lipinski definition) is 14. The summed E-state index contributed by atoms with van der Waals surface area (Å²) in [5.41, 5.74) is 16.9. The minimum absolute atomic E-state index is 0.136. The molecule has 6 rings (SSSR count). The van der Waals surface area contributed by atoms with Crippen LogP contribution in [0.25, 0.3) is 0 Å². The van der Waals surface area contributed by atoms with Crippen LogP contribution in [0.15, 0.2) is 53.7 Å². The third-order valence-electron chi connectivity index (χ3n) is 11.6. The van der Waals surface area contributed by atoms with Crippen LogP contribution in [-0.2, 0) is 51.8 Å². The highest BCUT2D eigenvalue weighted by molar-refractivity contribution is 5.98. The van der Waals surface area contributed by atoms with Crippen molar-refractivity contribution in [3.63, 3.8) is 0 Å². The average molecular weight is 867 g/mol. The number of nitrogen functional groups attached to an aromatic ring is 1. The van der Waals surface area contributed by atoms with E-state index in [1.54, 1.807) is 7.05 Å². The van der Waals surface area contributed by atoms with Crippen LogP contribution in [0.1, 0.15) is 105 Å². The highest BCUT2D eigenvalue weighted by Crippen LogP contribution is 2.32. The number of carboxylic acid groups (broad SMARTS) is 1. The van der Waals surface area contributed by atoms with Crippen LogP contribution in [0.2, 0.25) is 0 Å². The second-order valence-electron chi connectivity index (χ2n) is 16.2. The Morgan fingerprint density at radius 2 is 1.70 bits per heavy atom. The van der Waals surface area contributed by atoms with Gasteiger partial charge in [0, 0.05) is 39.0 Å². The summed E-state index contributed by atoms with van der Waals surface area (Å²) in [6.45, 7) is 9.73. The van der Waals surface area contributed by atoms with Gasteiger partial charge in [0.25, 0.3) is 0 Å².